The predicted octanol–water partition coefficient (Wildman–Crippen LogP) is 1.49. The van der Waals surface area contributed by atoms with Crippen LogP contribution in [0.2, 0.25) is 0 Å². The van der Waals surface area contributed by atoms with Crippen molar-refractivity contribution in [3.05, 3.63) is 0 Å². The second-order valence-electron chi connectivity index (χ2n) is 4.02. The third-order valence-corrected chi connectivity index (χ3v) is 2.55. The molecule has 0 amide bonds. The molecule has 1 rings (SSSR count). The van der Waals surface area contributed by atoms with E-state index >= 15 is 0 Å². The van der Waals surface area contributed by atoms with Crippen molar-refractivity contribution in [2.24, 2.45) is 0 Å². The molecular weight excluding hydrogens is 176 g/mol. The van der Waals surface area contributed by atoms with E-state index in [1.807, 2.05) is 0 Å². The monoisotopic (exact) mass is 193 g/mol. The van der Waals surface area contributed by atoms with Crippen LogP contribution >= 0.6 is 0 Å². The van der Waals surface area contributed by atoms with E-state index in [4.69, 9.17) is 0 Å². The van der Waals surface area contributed by atoms with E-state index in [1.54, 1.807) is 7.05 Å². The Morgan fingerprint density at radius 1 is 1.38 bits per heavy atom. The predicted molar refractivity (Wildman–Crippen MR) is 46.9 cm³/mol. The molecule has 4 heteroatoms. The summed E-state index contributed by atoms with van der Waals surface area (Å²) in [6.45, 7) is 0.125. The fourth-order valence-corrected chi connectivity index (χ4v) is 1.99. The van der Waals surface area contributed by atoms with Crippen LogP contribution in [0.1, 0.15) is 25.7 Å². The minimum Gasteiger partial charge on any atom is -0.389 e. The van der Waals surface area contributed by atoms with Gasteiger partial charge >= 0.3 is 0 Å². The summed E-state index contributed by atoms with van der Waals surface area (Å²) in [5.74, 6) is 0. The van der Waals surface area contributed by atoms with Gasteiger partial charge in [-0.1, -0.05) is 12.8 Å². The smallest absolute Gasteiger partial charge is 0.251 e. The lowest BCUT2D eigenvalue weighted by Crippen LogP contribution is -2.40. The maximum absolute atomic E-state index is 12.0. The van der Waals surface area contributed by atoms with Gasteiger partial charge in [-0.25, -0.2) is 8.78 Å². The van der Waals surface area contributed by atoms with Crippen LogP contribution in [0.25, 0.3) is 0 Å². The number of halogens is 2. The fourth-order valence-electron chi connectivity index (χ4n) is 1.99. The molecule has 0 radical (unpaired) electrons. The molecule has 0 aromatic carbocycles. The summed E-state index contributed by atoms with van der Waals surface area (Å²) in [5.41, 5.74) is -0.705. The maximum Gasteiger partial charge on any atom is 0.251 e. The molecule has 0 spiro atoms. The normalized spacial score (nSPS) is 21.7. The summed E-state index contributed by atoms with van der Waals surface area (Å²) < 4.78 is 23.9. The fraction of sp³-hybridized carbons (Fsp3) is 1.00. The van der Waals surface area contributed by atoms with Gasteiger partial charge in [0.05, 0.1) is 12.1 Å². The average Bonchev–Trinajstić information content (AvgIpc) is 2.33. The zero-order chi connectivity index (χ0) is 9.90. The summed E-state index contributed by atoms with van der Waals surface area (Å²) >= 11 is 0. The van der Waals surface area contributed by atoms with E-state index in [2.05, 4.69) is 0 Å². The van der Waals surface area contributed by atoms with Gasteiger partial charge in [-0.15, -0.1) is 0 Å². The summed E-state index contributed by atoms with van der Waals surface area (Å²) in [7, 11) is 1.63. The molecule has 1 N–H and O–H groups in total. The third-order valence-electron chi connectivity index (χ3n) is 2.55. The number of hydrogen-bond acceptors (Lipinski definition) is 2. The molecular formula is C9H17F2NO. The Kier molecular flexibility index (Phi) is 3.62. The van der Waals surface area contributed by atoms with Crippen molar-refractivity contribution < 1.29 is 13.9 Å². The molecule has 78 valence electrons. The molecule has 0 aliphatic heterocycles. The van der Waals surface area contributed by atoms with Crippen molar-refractivity contribution in [1.29, 1.82) is 0 Å². The first kappa shape index (κ1) is 10.9. The van der Waals surface area contributed by atoms with Crippen LogP contribution in [0.15, 0.2) is 0 Å². The summed E-state index contributed by atoms with van der Waals surface area (Å²) in [6, 6.07) is 0. The SMILES string of the molecule is CN(CC(F)F)CC1(O)CCCC1. The first-order chi connectivity index (χ1) is 6.02. The lowest BCUT2D eigenvalue weighted by atomic mass is 10.0. The van der Waals surface area contributed by atoms with Crippen molar-refractivity contribution >= 4 is 0 Å². The Bertz CT molecular complexity index is 158. The topological polar surface area (TPSA) is 23.5 Å². The van der Waals surface area contributed by atoms with Crippen LogP contribution < -0.4 is 0 Å². The molecule has 1 aliphatic rings. The van der Waals surface area contributed by atoms with Crippen LogP contribution in [0.3, 0.4) is 0 Å². The second kappa shape index (κ2) is 4.33. The lowest BCUT2D eigenvalue weighted by molar-refractivity contribution is 0.000651. The summed E-state index contributed by atoms with van der Waals surface area (Å²) in [6.07, 6.45) is 1.22. The van der Waals surface area contributed by atoms with Gasteiger partial charge in [0.25, 0.3) is 6.43 Å². The van der Waals surface area contributed by atoms with Gasteiger partial charge in [0.2, 0.25) is 0 Å². The van der Waals surface area contributed by atoms with Crippen molar-refractivity contribution in [3.8, 4) is 0 Å². The van der Waals surface area contributed by atoms with Crippen molar-refractivity contribution in [2.75, 3.05) is 20.1 Å². The van der Waals surface area contributed by atoms with Gasteiger partial charge in [-0.3, -0.25) is 4.90 Å². The molecule has 1 saturated carbocycles. The van der Waals surface area contributed by atoms with Crippen molar-refractivity contribution in [1.82, 2.24) is 4.90 Å². The van der Waals surface area contributed by atoms with Gasteiger partial charge in [-0.05, 0) is 19.9 Å². The van der Waals surface area contributed by atoms with Crippen LogP contribution in [0.4, 0.5) is 8.78 Å². The van der Waals surface area contributed by atoms with E-state index < -0.39 is 12.0 Å². The number of hydrogen-bond donors (Lipinski definition) is 1. The number of likely N-dealkylation sites (N-methyl/N-ethyl adjacent to an activating group) is 1. The highest BCUT2D eigenvalue weighted by molar-refractivity contribution is 4.86. The Morgan fingerprint density at radius 2 is 1.92 bits per heavy atom. The first-order valence-electron chi connectivity index (χ1n) is 4.71. The van der Waals surface area contributed by atoms with Crippen LogP contribution in [0, 0.1) is 0 Å². The molecule has 0 unspecified atom stereocenters. The summed E-state index contributed by atoms with van der Waals surface area (Å²) in [4.78, 5) is 1.51. The van der Waals surface area contributed by atoms with Gasteiger partial charge in [0.15, 0.2) is 0 Å². The second-order valence-corrected chi connectivity index (χ2v) is 4.02. The molecule has 13 heavy (non-hydrogen) atoms. The van der Waals surface area contributed by atoms with Crippen LogP contribution in [-0.4, -0.2) is 42.2 Å². The minimum absolute atomic E-state index is 0.248. The molecule has 0 saturated heterocycles. The Morgan fingerprint density at radius 3 is 2.38 bits per heavy atom. The van der Waals surface area contributed by atoms with Gasteiger partial charge < -0.3 is 5.11 Å². The number of nitrogens with zero attached hydrogens (tertiary/aromatic N) is 1. The molecule has 0 heterocycles. The highest BCUT2D eigenvalue weighted by Crippen LogP contribution is 2.29. The van der Waals surface area contributed by atoms with Gasteiger partial charge in [0, 0.05) is 6.54 Å². The standard InChI is InChI=1S/C9H17F2NO/c1-12(6-8(10)11)7-9(13)4-2-3-5-9/h8,13H,2-7H2,1H3. The largest absolute Gasteiger partial charge is 0.389 e. The highest BCUT2D eigenvalue weighted by atomic mass is 19.3. The quantitative estimate of drug-likeness (QED) is 0.731. The van der Waals surface area contributed by atoms with E-state index in [-0.39, 0.29) is 6.54 Å². The van der Waals surface area contributed by atoms with Crippen LogP contribution in [-0.2, 0) is 0 Å². The van der Waals surface area contributed by atoms with E-state index in [0.717, 1.165) is 25.7 Å². The van der Waals surface area contributed by atoms with E-state index in [9.17, 15) is 13.9 Å². The van der Waals surface area contributed by atoms with Gasteiger partial charge in [0.1, 0.15) is 0 Å². The molecule has 0 atom stereocenters. The lowest BCUT2D eigenvalue weighted by Gasteiger charge is -2.28. The minimum atomic E-state index is -2.31. The molecule has 0 aromatic heterocycles. The average molecular weight is 193 g/mol. The molecule has 1 fully saturated rings. The Labute approximate surface area is 77.5 Å². The highest BCUT2D eigenvalue weighted by Gasteiger charge is 2.32. The zero-order valence-electron chi connectivity index (χ0n) is 7.97. The van der Waals surface area contributed by atoms with Crippen molar-refractivity contribution in [3.63, 3.8) is 0 Å². The number of aliphatic hydroxyl groups is 1. The van der Waals surface area contributed by atoms with Gasteiger partial charge in [-0.2, -0.15) is 0 Å². The summed E-state index contributed by atoms with van der Waals surface area (Å²) in [5, 5.41) is 9.89. The molecule has 1 aliphatic carbocycles. The molecule has 0 bridgehead atoms. The Balaban J connectivity index is 2.29. The van der Waals surface area contributed by atoms with Crippen molar-refractivity contribution in [2.45, 2.75) is 37.7 Å². The number of alkyl halides is 2. The molecule has 2 nitrogen and oxygen atoms in total. The van der Waals surface area contributed by atoms with E-state index in [1.165, 1.54) is 4.90 Å². The Hall–Kier alpha value is -0.220. The van der Waals surface area contributed by atoms with Crippen LogP contribution in [0.5, 0.6) is 0 Å². The first-order valence-corrected chi connectivity index (χ1v) is 4.71. The molecule has 0 aromatic rings. The third kappa shape index (κ3) is 3.56. The zero-order valence-corrected chi connectivity index (χ0v) is 7.97. The van der Waals surface area contributed by atoms with E-state index in [0.29, 0.717) is 6.54 Å². The maximum atomic E-state index is 12.0. The number of rotatable bonds is 4.